The first-order valence-corrected chi connectivity index (χ1v) is 7.29. The molecule has 0 amide bonds. The van der Waals surface area contributed by atoms with E-state index in [-0.39, 0.29) is 0 Å². The Balaban J connectivity index is 2.00. The third kappa shape index (κ3) is 3.21. The highest BCUT2D eigenvalue weighted by Gasteiger charge is 2.32. The Morgan fingerprint density at radius 1 is 1.41 bits per heavy atom. The molecule has 2 rings (SSSR count). The zero-order valence-electron chi connectivity index (χ0n) is 11.6. The minimum atomic E-state index is 0.658. The molecule has 0 aromatic heterocycles. The normalized spacial score (nSPS) is 37.9. The Hall–Kier alpha value is -0.120. The zero-order chi connectivity index (χ0) is 12.3. The van der Waals surface area contributed by atoms with Crippen molar-refractivity contribution >= 4 is 0 Å². The van der Waals surface area contributed by atoms with E-state index in [1.54, 1.807) is 0 Å². The molecule has 0 aromatic carbocycles. The van der Waals surface area contributed by atoms with Crippen molar-refractivity contribution in [2.45, 2.75) is 58.2 Å². The summed E-state index contributed by atoms with van der Waals surface area (Å²) in [6.45, 7) is 11.3. The van der Waals surface area contributed by atoms with Gasteiger partial charge < -0.3 is 10.1 Å². The molecule has 0 aromatic rings. The molecule has 2 fully saturated rings. The minimum absolute atomic E-state index is 0.658. The first kappa shape index (κ1) is 13.3. The highest BCUT2D eigenvalue weighted by atomic mass is 16.5. The van der Waals surface area contributed by atoms with Gasteiger partial charge in [-0.2, -0.15) is 0 Å². The van der Waals surface area contributed by atoms with Crippen LogP contribution in [0, 0.1) is 5.92 Å². The Labute approximate surface area is 106 Å². The quantitative estimate of drug-likeness (QED) is 0.815. The maximum Gasteiger partial charge on any atom is 0.0622 e. The molecule has 0 spiro atoms. The molecule has 100 valence electrons. The molecule has 0 radical (unpaired) electrons. The molecule has 4 unspecified atom stereocenters. The average molecular weight is 240 g/mol. The first-order valence-electron chi connectivity index (χ1n) is 7.29. The summed E-state index contributed by atoms with van der Waals surface area (Å²) in [5.74, 6) is 0.769. The van der Waals surface area contributed by atoms with E-state index in [0.29, 0.717) is 18.1 Å². The van der Waals surface area contributed by atoms with Crippen LogP contribution in [0.4, 0.5) is 0 Å². The largest absolute Gasteiger partial charge is 0.380 e. The minimum Gasteiger partial charge on any atom is -0.380 e. The SMILES string of the molecule is CCC(C)C1CN(C2CCOC2)C(C)CCN1. The molecule has 0 saturated carbocycles. The van der Waals surface area contributed by atoms with Crippen molar-refractivity contribution in [3.05, 3.63) is 0 Å². The number of nitrogens with one attached hydrogen (secondary N) is 1. The Morgan fingerprint density at radius 3 is 2.88 bits per heavy atom. The second-order valence-corrected chi connectivity index (χ2v) is 5.80. The summed E-state index contributed by atoms with van der Waals surface area (Å²) in [6, 6.07) is 2.02. The smallest absolute Gasteiger partial charge is 0.0622 e. The summed E-state index contributed by atoms with van der Waals surface area (Å²) < 4.78 is 5.56. The van der Waals surface area contributed by atoms with Crippen molar-refractivity contribution in [3.63, 3.8) is 0 Å². The van der Waals surface area contributed by atoms with Crippen LogP contribution < -0.4 is 5.32 Å². The third-order valence-corrected chi connectivity index (χ3v) is 4.65. The van der Waals surface area contributed by atoms with E-state index in [0.717, 1.165) is 19.1 Å². The summed E-state index contributed by atoms with van der Waals surface area (Å²) in [6.07, 6.45) is 3.75. The number of nitrogens with zero attached hydrogens (tertiary/aromatic N) is 1. The standard InChI is InChI=1S/C14H28N2O/c1-4-11(2)14-9-16(12(3)5-7-15-14)13-6-8-17-10-13/h11-15H,4-10H2,1-3H3. The van der Waals surface area contributed by atoms with Gasteiger partial charge in [0.25, 0.3) is 0 Å². The van der Waals surface area contributed by atoms with Crippen LogP contribution in [0.25, 0.3) is 0 Å². The number of rotatable bonds is 3. The van der Waals surface area contributed by atoms with E-state index < -0.39 is 0 Å². The van der Waals surface area contributed by atoms with Crippen LogP contribution in [-0.2, 0) is 4.74 Å². The van der Waals surface area contributed by atoms with Gasteiger partial charge in [0.05, 0.1) is 6.61 Å². The molecule has 3 nitrogen and oxygen atoms in total. The summed E-state index contributed by atoms with van der Waals surface area (Å²) in [7, 11) is 0. The van der Waals surface area contributed by atoms with Gasteiger partial charge in [-0.25, -0.2) is 0 Å². The fourth-order valence-electron chi connectivity index (χ4n) is 3.07. The number of hydrogen-bond donors (Lipinski definition) is 1. The fourth-order valence-corrected chi connectivity index (χ4v) is 3.07. The van der Waals surface area contributed by atoms with Crippen LogP contribution in [0.1, 0.15) is 40.0 Å². The molecule has 0 aliphatic carbocycles. The predicted molar refractivity (Wildman–Crippen MR) is 71.3 cm³/mol. The summed E-state index contributed by atoms with van der Waals surface area (Å²) in [4.78, 5) is 2.70. The van der Waals surface area contributed by atoms with Crippen LogP contribution in [-0.4, -0.2) is 49.3 Å². The Kier molecular flexibility index (Phi) is 4.83. The van der Waals surface area contributed by atoms with Gasteiger partial charge in [0.1, 0.15) is 0 Å². The van der Waals surface area contributed by atoms with E-state index in [2.05, 4.69) is 31.0 Å². The van der Waals surface area contributed by atoms with Gasteiger partial charge in [-0.15, -0.1) is 0 Å². The lowest BCUT2D eigenvalue weighted by atomic mass is 9.98. The molecule has 0 bridgehead atoms. The molecule has 17 heavy (non-hydrogen) atoms. The van der Waals surface area contributed by atoms with Crippen LogP contribution in [0.5, 0.6) is 0 Å². The van der Waals surface area contributed by atoms with Crippen molar-refractivity contribution in [3.8, 4) is 0 Å². The van der Waals surface area contributed by atoms with Gasteiger partial charge in [-0.05, 0) is 32.2 Å². The van der Waals surface area contributed by atoms with Gasteiger partial charge in [0.2, 0.25) is 0 Å². The third-order valence-electron chi connectivity index (χ3n) is 4.65. The van der Waals surface area contributed by atoms with Crippen molar-refractivity contribution in [1.82, 2.24) is 10.2 Å². The lowest BCUT2D eigenvalue weighted by Gasteiger charge is -2.35. The molecule has 2 aliphatic rings. The van der Waals surface area contributed by atoms with E-state index in [4.69, 9.17) is 4.74 Å². The molecule has 2 saturated heterocycles. The van der Waals surface area contributed by atoms with Gasteiger partial charge in [-0.1, -0.05) is 20.3 Å². The van der Waals surface area contributed by atoms with Gasteiger partial charge in [0.15, 0.2) is 0 Å². The Bertz CT molecular complexity index is 228. The monoisotopic (exact) mass is 240 g/mol. The highest BCUT2D eigenvalue weighted by Crippen LogP contribution is 2.22. The van der Waals surface area contributed by atoms with E-state index in [1.807, 2.05) is 0 Å². The van der Waals surface area contributed by atoms with Crippen molar-refractivity contribution in [2.75, 3.05) is 26.3 Å². The van der Waals surface area contributed by atoms with Crippen LogP contribution >= 0.6 is 0 Å². The summed E-state index contributed by atoms with van der Waals surface area (Å²) in [5, 5.41) is 3.73. The molecule has 2 aliphatic heterocycles. The maximum atomic E-state index is 5.56. The lowest BCUT2D eigenvalue weighted by molar-refractivity contribution is 0.106. The molecule has 3 heteroatoms. The summed E-state index contributed by atoms with van der Waals surface area (Å²) in [5.41, 5.74) is 0. The number of hydrogen-bond acceptors (Lipinski definition) is 3. The van der Waals surface area contributed by atoms with Crippen LogP contribution in [0.3, 0.4) is 0 Å². The van der Waals surface area contributed by atoms with E-state index in [9.17, 15) is 0 Å². The summed E-state index contributed by atoms with van der Waals surface area (Å²) >= 11 is 0. The molecule has 2 heterocycles. The average Bonchev–Trinajstić information content (AvgIpc) is 2.79. The maximum absolute atomic E-state index is 5.56. The Morgan fingerprint density at radius 2 is 2.24 bits per heavy atom. The lowest BCUT2D eigenvalue weighted by Crippen LogP contribution is -2.48. The number of ether oxygens (including phenoxy) is 1. The molecule has 1 N–H and O–H groups in total. The zero-order valence-corrected chi connectivity index (χ0v) is 11.6. The van der Waals surface area contributed by atoms with E-state index in [1.165, 1.54) is 32.4 Å². The van der Waals surface area contributed by atoms with Gasteiger partial charge in [-0.3, -0.25) is 4.90 Å². The molecule has 4 atom stereocenters. The first-order chi connectivity index (χ1) is 8.22. The highest BCUT2D eigenvalue weighted by molar-refractivity contribution is 4.88. The van der Waals surface area contributed by atoms with E-state index >= 15 is 0 Å². The molecular weight excluding hydrogens is 212 g/mol. The van der Waals surface area contributed by atoms with Crippen LogP contribution in [0.15, 0.2) is 0 Å². The van der Waals surface area contributed by atoms with Crippen LogP contribution in [0.2, 0.25) is 0 Å². The second-order valence-electron chi connectivity index (χ2n) is 5.80. The van der Waals surface area contributed by atoms with Gasteiger partial charge >= 0.3 is 0 Å². The fraction of sp³-hybridized carbons (Fsp3) is 1.00. The topological polar surface area (TPSA) is 24.5 Å². The van der Waals surface area contributed by atoms with Crippen molar-refractivity contribution in [2.24, 2.45) is 5.92 Å². The van der Waals surface area contributed by atoms with Crippen molar-refractivity contribution in [1.29, 1.82) is 0 Å². The second kappa shape index (κ2) is 6.17. The van der Waals surface area contributed by atoms with Gasteiger partial charge in [0, 0.05) is 31.3 Å². The van der Waals surface area contributed by atoms with Crippen molar-refractivity contribution < 1.29 is 4.74 Å². The predicted octanol–water partition coefficient (Wildman–Crippen LogP) is 1.87. The molecular formula is C14H28N2O.